The normalized spacial score (nSPS) is 26.8. The van der Waals surface area contributed by atoms with E-state index in [0.717, 1.165) is 25.9 Å². The highest BCUT2D eigenvalue weighted by atomic mass is 16.2. The van der Waals surface area contributed by atoms with E-state index < -0.39 is 11.0 Å². The standard InChI is InChI=1S/C20H34N4O3/c1-14(2)22-11-8-20(9-12-22)17(26)24(18(27)21-20)15-7-6-10-23(13-15)16(25)19(3,4)5/h14-15H,6-13H2,1-5H3,(H,21,27). The first-order valence-electron chi connectivity index (χ1n) is 10.2. The molecule has 1 unspecified atom stereocenters. The number of rotatable bonds is 2. The quantitative estimate of drug-likeness (QED) is 0.744. The first-order chi connectivity index (χ1) is 12.5. The highest BCUT2D eigenvalue weighted by molar-refractivity contribution is 6.07. The number of amides is 4. The zero-order valence-electron chi connectivity index (χ0n) is 17.4. The van der Waals surface area contributed by atoms with Crippen LogP contribution in [0.1, 0.15) is 60.3 Å². The predicted octanol–water partition coefficient (Wildman–Crippen LogP) is 1.82. The summed E-state index contributed by atoms with van der Waals surface area (Å²) in [5.74, 6) is -0.00910. The van der Waals surface area contributed by atoms with Crippen molar-refractivity contribution in [1.82, 2.24) is 20.0 Å². The van der Waals surface area contributed by atoms with Gasteiger partial charge in [0.15, 0.2) is 0 Å². The zero-order valence-corrected chi connectivity index (χ0v) is 17.4. The van der Waals surface area contributed by atoms with Crippen LogP contribution in [-0.4, -0.2) is 76.3 Å². The van der Waals surface area contributed by atoms with Crippen LogP contribution >= 0.6 is 0 Å². The molecule has 0 bridgehead atoms. The zero-order chi connectivity index (χ0) is 20.0. The van der Waals surface area contributed by atoms with Crippen LogP contribution in [0.5, 0.6) is 0 Å². The molecule has 3 aliphatic heterocycles. The highest BCUT2D eigenvalue weighted by Crippen LogP contribution is 2.33. The van der Waals surface area contributed by atoms with Crippen LogP contribution < -0.4 is 5.32 Å². The fraction of sp³-hybridized carbons (Fsp3) is 0.850. The summed E-state index contributed by atoms with van der Waals surface area (Å²) < 4.78 is 0. The molecule has 7 heteroatoms. The van der Waals surface area contributed by atoms with Crippen molar-refractivity contribution in [3.8, 4) is 0 Å². The molecule has 0 aliphatic carbocycles. The molecule has 0 aromatic rings. The van der Waals surface area contributed by atoms with E-state index in [-0.39, 0.29) is 23.9 Å². The maximum absolute atomic E-state index is 13.3. The summed E-state index contributed by atoms with van der Waals surface area (Å²) in [6.07, 6.45) is 2.90. The Balaban J connectivity index is 1.71. The molecule has 3 fully saturated rings. The number of hydrogen-bond acceptors (Lipinski definition) is 4. The lowest BCUT2D eigenvalue weighted by atomic mass is 9.86. The average Bonchev–Trinajstić information content (AvgIpc) is 2.84. The number of nitrogens with one attached hydrogen (secondary N) is 1. The van der Waals surface area contributed by atoms with Crippen molar-refractivity contribution in [2.75, 3.05) is 26.2 Å². The molecule has 1 spiro atoms. The van der Waals surface area contributed by atoms with Crippen molar-refractivity contribution >= 4 is 17.8 Å². The summed E-state index contributed by atoms with van der Waals surface area (Å²) in [5, 5.41) is 3.01. The van der Waals surface area contributed by atoms with Gasteiger partial charge in [-0.3, -0.25) is 14.5 Å². The third-order valence-corrected chi connectivity index (χ3v) is 6.27. The van der Waals surface area contributed by atoms with Crippen LogP contribution in [0, 0.1) is 5.41 Å². The van der Waals surface area contributed by atoms with Crippen molar-refractivity contribution in [3.05, 3.63) is 0 Å². The Bertz CT molecular complexity index is 617. The van der Waals surface area contributed by atoms with Gasteiger partial charge in [-0.15, -0.1) is 0 Å². The van der Waals surface area contributed by atoms with E-state index in [0.29, 0.717) is 32.0 Å². The van der Waals surface area contributed by atoms with E-state index >= 15 is 0 Å². The van der Waals surface area contributed by atoms with Crippen LogP contribution in [-0.2, 0) is 9.59 Å². The molecule has 152 valence electrons. The Morgan fingerprint density at radius 2 is 1.78 bits per heavy atom. The van der Waals surface area contributed by atoms with E-state index in [1.54, 1.807) is 0 Å². The molecular formula is C20H34N4O3. The van der Waals surface area contributed by atoms with Crippen LogP contribution in [0.25, 0.3) is 0 Å². The molecule has 27 heavy (non-hydrogen) atoms. The Morgan fingerprint density at radius 3 is 2.33 bits per heavy atom. The molecule has 0 saturated carbocycles. The third-order valence-electron chi connectivity index (χ3n) is 6.27. The molecule has 0 aromatic carbocycles. The topological polar surface area (TPSA) is 73.0 Å². The fourth-order valence-electron chi connectivity index (χ4n) is 4.56. The van der Waals surface area contributed by atoms with Gasteiger partial charge in [0.05, 0.1) is 6.04 Å². The van der Waals surface area contributed by atoms with Gasteiger partial charge in [-0.05, 0) is 39.5 Å². The van der Waals surface area contributed by atoms with Gasteiger partial charge in [-0.2, -0.15) is 0 Å². The lowest BCUT2D eigenvalue weighted by molar-refractivity contribution is -0.144. The molecule has 7 nitrogen and oxygen atoms in total. The van der Waals surface area contributed by atoms with Crippen LogP contribution in [0.2, 0.25) is 0 Å². The number of nitrogens with zero attached hydrogens (tertiary/aromatic N) is 3. The smallest absolute Gasteiger partial charge is 0.325 e. The number of carbonyl (C=O) groups excluding carboxylic acids is 3. The van der Waals surface area contributed by atoms with Crippen molar-refractivity contribution in [1.29, 1.82) is 0 Å². The lowest BCUT2D eigenvalue weighted by Crippen LogP contribution is -2.57. The molecular weight excluding hydrogens is 344 g/mol. The summed E-state index contributed by atoms with van der Waals surface area (Å²) in [4.78, 5) is 44.2. The largest absolute Gasteiger partial charge is 0.340 e. The minimum atomic E-state index is -0.751. The Hall–Kier alpha value is -1.63. The minimum absolute atomic E-state index is 0.0826. The van der Waals surface area contributed by atoms with E-state index in [4.69, 9.17) is 0 Å². The summed E-state index contributed by atoms with van der Waals surface area (Å²) >= 11 is 0. The number of hydrogen-bond donors (Lipinski definition) is 1. The first-order valence-corrected chi connectivity index (χ1v) is 10.2. The third kappa shape index (κ3) is 3.71. The summed E-state index contributed by atoms with van der Waals surface area (Å²) in [6.45, 7) is 12.8. The molecule has 3 rings (SSSR count). The average molecular weight is 379 g/mol. The summed E-state index contributed by atoms with van der Waals surface area (Å²) in [5.41, 5.74) is -1.21. The summed E-state index contributed by atoms with van der Waals surface area (Å²) in [6, 6.07) is -0.0610. The van der Waals surface area contributed by atoms with Gasteiger partial charge in [0, 0.05) is 37.6 Å². The monoisotopic (exact) mass is 378 g/mol. The van der Waals surface area contributed by atoms with E-state index in [2.05, 4.69) is 24.1 Å². The molecule has 0 radical (unpaired) electrons. The highest BCUT2D eigenvalue weighted by Gasteiger charge is 2.54. The number of piperidine rings is 2. The van der Waals surface area contributed by atoms with Crippen LogP contribution in [0.4, 0.5) is 4.79 Å². The number of imide groups is 1. The van der Waals surface area contributed by atoms with Crippen molar-refractivity contribution < 1.29 is 14.4 Å². The van der Waals surface area contributed by atoms with Gasteiger partial charge in [0.2, 0.25) is 5.91 Å². The van der Waals surface area contributed by atoms with Gasteiger partial charge >= 0.3 is 6.03 Å². The van der Waals surface area contributed by atoms with E-state index in [1.165, 1.54) is 4.90 Å². The van der Waals surface area contributed by atoms with Gasteiger partial charge in [0.25, 0.3) is 5.91 Å². The second-order valence-corrected chi connectivity index (χ2v) is 9.61. The van der Waals surface area contributed by atoms with Gasteiger partial charge in [0.1, 0.15) is 5.54 Å². The molecule has 3 saturated heterocycles. The minimum Gasteiger partial charge on any atom is -0.340 e. The second-order valence-electron chi connectivity index (χ2n) is 9.61. The predicted molar refractivity (Wildman–Crippen MR) is 103 cm³/mol. The molecule has 3 heterocycles. The van der Waals surface area contributed by atoms with Crippen molar-refractivity contribution in [2.24, 2.45) is 5.41 Å². The van der Waals surface area contributed by atoms with Gasteiger partial charge in [-0.25, -0.2) is 4.79 Å². The van der Waals surface area contributed by atoms with Crippen molar-refractivity contribution in [3.63, 3.8) is 0 Å². The van der Waals surface area contributed by atoms with Gasteiger partial charge in [-0.1, -0.05) is 20.8 Å². The number of likely N-dealkylation sites (tertiary alicyclic amines) is 2. The van der Waals surface area contributed by atoms with Crippen molar-refractivity contribution in [2.45, 2.75) is 77.9 Å². The molecule has 0 aromatic heterocycles. The van der Waals surface area contributed by atoms with Crippen LogP contribution in [0.3, 0.4) is 0 Å². The Labute approximate surface area is 162 Å². The van der Waals surface area contributed by atoms with E-state index in [9.17, 15) is 14.4 Å². The number of urea groups is 1. The fourth-order valence-corrected chi connectivity index (χ4v) is 4.56. The van der Waals surface area contributed by atoms with E-state index in [1.807, 2.05) is 25.7 Å². The molecule has 1 atom stereocenters. The lowest BCUT2D eigenvalue weighted by Gasteiger charge is -2.41. The first kappa shape index (κ1) is 20.1. The molecule has 4 amide bonds. The summed E-state index contributed by atoms with van der Waals surface area (Å²) in [7, 11) is 0. The molecule has 3 aliphatic rings. The Kier molecular flexibility index (Phi) is 5.27. The maximum Gasteiger partial charge on any atom is 0.325 e. The Morgan fingerprint density at radius 1 is 1.15 bits per heavy atom. The SMILES string of the molecule is CC(C)N1CCC2(CC1)NC(=O)N(C1CCCN(C(=O)C(C)(C)C)C1)C2=O. The molecule has 1 N–H and O–H groups in total. The van der Waals surface area contributed by atoms with Crippen LogP contribution in [0.15, 0.2) is 0 Å². The maximum atomic E-state index is 13.3. The number of carbonyl (C=O) groups is 3. The van der Waals surface area contributed by atoms with Gasteiger partial charge < -0.3 is 15.1 Å². The second kappa shape index (κ2) is 7.08.